The lowest BCUT2D eigenvalue weighted by molar-refractivity contribution is 0.355. The number of thiophene rings is 1. The fraction of sp³-hybridized carbons (Fsp3) is 0.200. The van der Waals surface area contributed by atoms with Crippen molar-refractivity contribution in [2.45, 2.75) is 18.9 Å². The Balaban J connectivity index is 1.44. The summed E-state index contributed by atoms with van der Waals surface area (Å²) in [4.78, 5) is 5.86. The van der Waals surface area contributed by atoms with Gasteiger partial charge in [0.1, 0.15) is 5.69 Å². The van der Waals surface area contributed by atoms with Gasteiger partial charge in [0.15, 0.2) is 23.0 Å². The molecule has 2 N–H and O–H groups in total. The molecular formula is C25H23N5O2S. The Hall–Kier alpha value is -3.78. The van der Waals surface area contributed by atoms with Gasteiger partial charge in [0.25, 0.3) is 0 Å². The monoisotopic (exact) mass is 457 g/mol. The Morgan fingerprint density at radius 2 is 1.85 bits per heavy atom. The summed E-state index contributed by atoms with van der Waals surface area (Å²) in [6.45, 7) is 0. The van der Waals surface area contributed by atoms with Crippen LogP contribution in [0.5, 0.6) is 11.5 Å². The number of hydrogen-bond donors (Lipinski definition) is 2. The zero-order valence-corrected chi connectivity index (χ0v) is 19.1. The maximum atomic E-state index is 5.45. The summed E-state index contributed by atoms with van der Waals surface area (Å²) >= 11 is 1.75. The lowest BCUT2D eigenvalue weighted by atomic mass is 10.2. The van der Waals surface area contributed by atoms with Crippen LogP contribution in [0.4, 0.5) is 17.2 Å². The molecule has 7 nitrogen and oxygen atoms in total. The van der Waals surface area contributed by atoms with Crippen LogP contribution in [0.25, 0.3) is 26.3 Å². The summed E-state index contributed by atoms with van der Waals surface area (Å²) in [5, 5.41) is 13.2. The Morgan fingerprint density at radius 3 is 2.64 bits per heavy atom. The first-order valence-electron chi connectivity index (χ1n) is 10.8. The molecule has 3 aromatic heterocycles. The summed E-state index contributed by atoms with van der Waals surface area (Å²) in [7, 11) is 3.26. The van der Waals surface area contributed by atoms with Gasteiger partial charge in [0.2, 0.25) is 0 Å². The smallest absolute Gasteiger partial charge is 0.177 e. The van der Waals surface area contributed by atoms with Crippen LogP contribution in [-0.2, 0) is 0 Å². The van der Waals surface area contributed by atoms with Gasteiger partial charge in [-0.1, -0.05) is 18.2 Å². The summed E-state index contributed by atoms with van der Waals surface area (Å²) in [6, 6.07) is 18.9. The van der Waals surface area contributed by atoms with Crippen LogP contribution in [0, 0.1) is 0 Å². The van der Waals surface area contributed by atoms with Gasteiger partial charge < -0.3 is 20.1 Å². The number of nitrogens with one attached hydrogen (secondary N) is 2. The molecule has 2 aromatic carbocycles. The van der Waals surface area contributed by atoms with E-state index in [9.17, 15) is 0 Å². The van der Waals surface area contributed by atoms with E-state index >= 15 is 0 Å². The van der Waals surface area contributed by atoms with E-state index < -0.39 is 0 Å². The van der Waals surface area contributed by atoms with Crippen LogP contribution in [0.3, 0.4) is 0 Å². The average Bonchev–Trinajstić information content (AvgIpc) is 3.38. The first-order valence-corrected chi connectivity index (χ1v) is 11.7. The number of rotatable bonds is 7. The van der Waals surface area contributed by atoms with Crippen LogP contribution in [0.1, 0.15) is 12.8 Å². The van der Waals surface area contributed by atoms with Crippen molar-refractivity contribution in [3.05, 3.63) is 60.8 Å². The largest absolute Gasteiger partial charge is 0.493 e. The molecule has 0 atom stereocenters. The average molecular weight is 458 g/mol. The maximum absolute atomic E-state index is 5.45. The highest BCUT2D eigenvalue weighted by molar-refractivity contribution is 7.22. The number of ether oxygens (including phenoxy) is 2. The van der Waals surface area contributed by atoms with Crippen LogP contribution >= 0.6 is 11.3 Å². The van der Waals surface area contributed by atoms with Crippen LogP contribution in [0.15, 0.2) is 60.8 Å². The number of benzene rings is 2. The molecule has 0 amide bonds. The van der Waals surface area contributed by atoms with E-state index in [1.54, 1.807) is 25.6 Å². The molecule has 0 saturated heterocycles. The van der Waals surface area contributed by atoms with Crippen molar-refractivity contribution in [1.82, 2.24) is 14.6 Å². The molecule has 1 aliphatic carbocycles. The van der Waals surface area contributed by atoms with Gasteiger partial charge in [-0.05, 0) is 42.5 Å². The fourth-order valence-corrected chi connectivity index (χ4v) is 4.98. The molecule has 6 rings (SSSR count). The number of hydrogen-bond acceptors (Lipinski definition) is 7. The van der Waals surface area contributed by atoms with Gasteiger partial charge in [-0.15, -0.1) is 16.4 Å². The maximum Gasteiger partial charge on any atom is 0.177 e. The van der Waals surface area contributed by atoms with E-state index in [2.05, 4.69) is 41.0 Å². The molecule has 0 radical (unpaired) electrons. The number of fused-ring (bicyclic) bond motifs is 2. The van der Waals surface area contributed by atoms with Crippen LogP contribution < -0.4 is 20.1 Å². The molecule has 0 aliphatic heterocycles. The summed E-state index contributed by atoms with van der Waals surface area (Å²) in [5.74, 6) is 2.07. The van der Waals surface area contributed by atoms with Gasteiger partial charge in [-0.3, -0.25) is 0 Å². The molecule has 0 bridgehead atoms. The third-order valence-corrected chi connectivity index (χ3v) is 6.88. The quantitative estimate of drug-likeness (QED) is 0.315. The molecule has 3 heterocycles. The fourth-order valence-electron chi connectivity index (χ4n) is 3.92. The molecule has 33 heavy (non-hydrogen) atoms. The van der Waals surface area contributed by atoms with Crippen molar-refractivity contribution < 1.29 is 9.47 Å². The second-order valence-electron chi connectivity index (χ2n) is 8.08. The van der Waals surface area contributed by atoms with Crippen molar-refractivity contribution in [2.24, 2.45) is 0 Å². The lowest BCUT2D eigenvalue weighted by Gasteiger charge is -2.13. The normalized spacial score (nSPS) is 13.4. The predicted octanol–water partition coefficient (Wildman–Crippen LogP) is 5.95. The van der Waals surface area contributed by atoms with E-state index in [1.165, 1.54) is 22.9 Å². The number of methoxy groups -OCH3 is 2. The number of imidazole rings is 1. The summed E-state index contributed by atoms with van der Waals surface area (Å²) < 4.78 is 14.0. The SMILES string of the molecule is COc1ccc(Nc2cc(NC3CC3)c3ncc(-c4cc5ccccc5s4)n3n2)cc1OC. The standard InChI is InChI=1S/C25H23N5O2S/c1-31-20-10-9-17(12-21(20)32-2)28-24-13-18(27-16-7-8-16)25-26-14-19(30(25)29-24)23-11-15-5-3-4-6-22(15)33-23/h3-6,9-14,16,27H,7-8H2,1-2H3,(H,28,29). The van der Waals surface area contributed by atoms with Crippen LogP contribution in [0.2, 0.25) is 0 Å². The molecular weight excluding hydrogens is 434 g/mol. The second-order valence-corrected chi connectivity index (χ2v) is 9.17. The summed E-state index contributed by atoms with van der Waals surface area (Å²) in [5.41, 5.74) is 3.64. The summed E-state index contributed by atoms with van der Waals surface area (Å²) in [6.07, 6.45) is 4.26. The highest BCUT2D eigenvalue weighted by Crippen LogP contribution is 2.36. The minimum absolute atomic E-state index is 0.495. The van der Waals surface area contributed by atoms with Crippen molar-refractivity contribution in [2.75, 3.05) is 24.9 Å². The van der Waals surface area contributed by atoms with E-state index in [-0.39, 0.29) is 0 Å². The molecule has 1 aliphatic rings. The van der Waals surface area contributed by atoms with Crippen molar-refractivity contribution in [3.63, 3.8) is 0 Å². The number of nitrogens with zero attached hydrogens (tertiary/aromatic N) is 3. The third-order valence-electron chi connectivity index (χ3n) is 5.74. The topological polar surface area (TPSA) is 72.7 Å². The molecule has 8 heteroatoms. The first kappa shape index (κ1) is 19.9. The van der Waals surface area contributed by atoms with Gasteiger partial charge in [-0.2, -0.15) is 0 Å². The Bertz CT molecular complexity index is 1440. The molecule has 0 spiro atoms. The predicted molar refractivity (Wildman–Crippen MR) is 133 cm³/mol. The van der Waals surface area contributed by atoms with E-state index in [0.29, 0.717) is 17.5 Å². The van der Waals surface area contributed by atoms with E-state index in [1.807, 2.05) is 35.0 Å². The van der Waals surface area contributed by atoms with Crippen molar-refractivity contribution in [3.8, 4) is 22.1 Å². The zero-order valence-electron chi connectivity index (χ0n) is 18.3. The molecule has 1 saturated carbocycles. The lowest BCUT2D eigenvalue weighted by Crippen LogP contribution is -2.07. The number of aromatic nitrogens is 3. The Labute approximate surface area is 195 Å². The van der Waals surface area contributed by atoms with E-state index in [0.717, 1.165) is 33.4 Å². The molecule has 1 fully saturated rings. The Morgan fingerprint density at radius 1 is 1.00 bits per heavy atom. The van der Waals surface area contributed by atoms with Crippen LogP contribution in [-0.4, -0.2) is 34.9 Å². The minimum Gasteiger partial charge on any atom is -0.493 e. The van der Waals surface area contributed by atoms with Gasteiger partial charge >= 0.3 is 0 Å². The first-order chi connectivity index (χ1) is 16.2. The van der Waals surface area contributed by atoms with Crippen molar-refractivity contribution in [1.29, 1.82) is 0 Å². The second kappa shape index (κ2) is 7.97. The van der Waals surface area contributed by atoms with Gasteiger partial charge in [-0.25, -0.2) is 9.50 Å². The molecule has 0 unspecified atom stereocenters. The third kappa shape index (κ3) is 3.72. The van der Waals surface area contributed by atoms with Gasteiger partial charge in [0, 0.05) is 28.6 Å². The molecule has 5 aromatic rings. The zero-order chi connectivity index (χ0) is 22.4. The molecule has 166 valence electrons. The van der Waals surface area contributed by atoms with E-state index in [4.69, 9.17) is 19.6 Å². The highest BCUT2D eigenvalue weighted by Gasteiger charge is 2.23. The highest BCUT2D eigenvalue weighted by atomic mass is 32.1. The minimum atomic E-state index is 0.495. The van der Waals surface area contributed by atoms with Crippen molar-refractivity contribution >= 4 is 44.3 Å². The van der Waals surface area contributed by atoms with Gasteiger partial charge in [0.05, 0.1) is 31.0 Å². The Kier molecular flexibility index (Phi) is 4.80. The number of anilines is 3.